The van der Waals surface area contributed by atoms with Crippen LogP contribution in [0.15, 0.2) is 0 Å². The van der Waals surface area contributed by atoms with E-state index < -0.39 is 42.5 Å². The molecule has 0 aromatic carbocycles. The molecule has 5 atom stereocenters. The molecule has 22 heavy (non-hydrogen) atoms. The fourth-order valence-corrected chi connectivity index (χ4v) is 2.73. The third-order valence-electron chi connectivity index (χ3n) is 4.13. The molecule has 0 spiro atoms. The van der Waals surface area contributed by atoms with Crippen LogP contribution < -0.4 is 5.32 Å². The largest absolute Gasteiger partial charge is 0.394 e. The van der Waals surface area contributed by atoms with E-state index in [2.05, 4.69) is 12.2 Å². The summed E-state index contributed by atoms with van der Waals surface area (Å²) in [7, 11) is -0.367. The zero-order valence-electron chi connectivity index (χ0n) is 14.1. The van der Waals surface area contributed by atoms with Crippen LogP contribution in [0.1, 0.15) is 46.8 Å². The Labute approximate surface area is 132 Å². The SMILES string of the molecule is [2H]CN[C@@H]1[C@@H](O)[C@H](O)[C@@H](CO)OC1(O)C(=O)CCCCCCC. The first-order valence-electron chi connectivity index (χ1n) is 8.56. The number of hydrogen-bond acceptors (Lipinski definition) is 7. The average molecular weight is 320 g/mol. The number of hydrogen-bond donors (Lipinski definition) is 5. The van der Waals surface area contributed by atoms with Gasteiger partial charge < -0.3 is 30.5 Å². The van der Waals surface area contributed by atoms with Gasteiger partial charge in [-0.15, -0.1) is 0 Å². The first-order valence-corrected chi connectivity index (χ1v) is 7.85. The summed E-state index contributed by atoms with van der Waals surface area (Å²) in [6, 6.07) is -1.32. The van der Waals surface area contributed by atoms with E-state index in [0.29, 0.717) is 6.42 Å². The molecule has 1 fully saturated rings. The summed E-state index contributed by atoms with van der Waals surface area (Å²) in [4.78, 5) is 12.4. The normalized spacial score (nSPS) is 36.1. The molecule has 5 N–H and O–H groups in total. The third-order valence-corrected chi connectivity index (χ3v) is 4.13. The summed E-state index contributed by atoms with van der Waals surface area (Å²) in [6.45, 7) is 1.44. The molecule has 0 amide bonds. The number of ether oxygens (including phenoxy) is 1. The molecular weight excluding hydrogens is 290 g/mol. The maximum atomic E-state index is 12.4. The fraction of sp³-hybridized carbons (Fsp3) is 0.933. The number of aliphatic hydroxyl groups excluding tert-OH is 3. The zero-order valence-corrected chi connectivity index (χ0v) is 13.1. The molecule has 0 aromatic rings. The van der Waals surface area contributed by atoms with Crippen molar-refractivity contribution in [3.63, 3.8) is 0 Å². The second-order valence-corrected chi connectivity index (χ2v) is 5.79. The minimum atomic E-state index is -2.36. The molecule has 0 radical (unpaired) electrons. The number of nitrogens with one attached hydrogen (secondary N) is 1. The lowest BCUT2D eigenvalue weighted by atomic mass is 9.86. The van der Waals surface area contributed by atoms with Crippen molar-refractivity contribution in [1.29, 1.82) is 0 Å². The second kappa shape index (κ2) is 8.90. The van der Waals surface area contributed by atoms with E-state index in [1.165, 1.54) is 0 Å². The van der Waals surface area contributed by atoms with E-state index >= 15 is 0 Å². The van der Waals surface area contributed by atoms with Crippen LogP contribution in [0.2, 0.25) is 0 Å². The summed E-state index contributed by atoms with van der Waals surface area (Å²) < 4.78 is 12.4. The number of Topliss-reactive ketones (excluding diaryl/α,β-unsaturated/α-hetero) is 1. The Morgan fingerprint density at radius 3 is 2.55 bits per heavy atom. The highest BCUT2D eigenvalue weighted by atomic mass is 16.7. The topological polar surface area (TPSA) is 119 Å². The molecule has 0 aromatic heterocycles. The Kier molecular flexibility index (Phi) is 7.20. The van der Waals surface area contributed by atoms with Gasteiger partial charge in [0.25, 0.3) is 0 Å². The van der Waals surface area contributed by atoms with Crippen LogP contribution in [0.3, 0.4) is 0 Å². The minimum absolute atomic E-state index is 0.0668. The molecule has 1 saturated heterocycles. The van der Waals surface area contributed by atoms with Crippen molar-refractivity contribution >= 4 is 5.78 Å². The maximum Gasteiger partial charge on any atom is 0.245 e. The molecule has 0 bridgehead atoms. The van der Waals surface area contributed by atoms with Gasteiger partial charge in [0.05, 0.1) is 12.6 Å². The van der Waals surface area contributed by atoms with Crippen molar-refractivity contribution in [2.45, 2.75) is 75.6 Å². The van der Waals surface area contributed by atoms with E-state index in [9.17, 15) is 25.2 Å². The number of unbranched alkanes of at least 4 members (excludes halogenated alkanes) is 4. The number of aliphatic hydroxyl groups is 4. The first-order chi connectivity index (χ1) is 10.9. The smallest absolute Gasteiger partial charge is 0.245 e. The van der Waals surface area contributed by atoms with Crippen molar-refractivity contribution in [2.75, 3.05) is 13.6 Å². The predicted molar refractivity (Wildman–Crippen MR) is 80.2 cm³/mol. The molecule has 1 aliphatic heterocycles. The molecule has 1 aliphatic rings. The minimum Gasteiger partial charge on any atom is -0.394 e. The number of likely N-dealkylation sites (N-methyl/N-ethyl adjacent to an activating group) is 1. The maximum absolute atomic E-state index is 12.4. The van der Waals surface area contributed by atoms with Gasteiger partial charge in [-0.2, -0.15) is 0 Å². The van der Waals surface area contributed by atoms with Gasteiger partial charge in [0, 0.05) is 7.79 Å². The monoisotopic (exact) mass is 320 g/mol. The van der Waals surface area contributed by atoms with Crippen molar-refractivity contribution in [2.24, 2.45) is 0 Å². The molecule has 0 aliphatic carbocycles. The van der Waals surface area contributed by atoms with Crippen LogP contribution in [-0.2, 0) is 9.53 Å². The van der Waals surface area contributed by atoms with Gasteiger partial charge in [-0.25, -0.2) is 0 Å². The van der Waals surface area contributed by atoms with Crippen LogP contribution >= 0.6 is 0 Å². The Morgan fingerprint density at radius 2 is 1.95 bits per heavy atom. The summed E-state index contributed by atoms with van der Waals surface area (Å²) in [5, 5.41) is 42.3. The number of rotatable bonds is 9. The molecule has 7 nitrogen and oxygen atoms in total. The highest BCUT2D eigenvalue weighted by molar-refractivity contribution is 5.86. The van der Waals surface area contributed by atoms with Gasteiger partial charge in [-0.3, -0.25) is 4.79 Å². The van der Waals surface area contributed by atoms with Gasteiger partial charge in [0.2, 0.25) is 5.79 Å². The number of carbonyl (C=O) groups excluding carboxylic acids is 1. The predicted octanol–water partition coefficient (Wildman–Crippen LogP) is -0.694. The van der Waals surface area contributed by atoms with Crippen molar-refractivity contribution in [3.05, 3.63) is 0 Å². The fourth-order valence-electron chi connectivity index (χ4n) is 2.73. The van der Waals surface area contributed by atoms with E-state index in [4.69, 9.17) is 6.11 Å². The zero-order chi connectivity index (χ0) is 17.5. The lowest BCUT2D eigenvalue weighted by Gasteiger charge is -2.46. The molecular formula is C15H29NO6. The quantitative estimate of drug-likeness (QED) is 0.357. The van der Waals surface area contributed by atoms with E-state index in [1.54, 1.807) is 0 Å². The van der Waals surface area contributed by atoms with Gasteiger partial charge in [-0.1, -0.05) is 32.6 Å². The first kappa shape index (κ1) is 17.8. The number of ketones is 1. The Hall–Kier alpha value is -0.570. The summed E-state index contributed by atoms with van der Waals surface area (Å²) in [6.07, 6.45) is 0.412. The van der Waals surface area contributed by atoms with Crippen molar-refractivity contribution in [1.82, 2.24) is 5.32 Å². The standard InChI is InChI=1S/C15H29NO6/c1-3-4-5-6-7-8-11(18)15(21)14(16-2)13(20)12(19)10(9-17)22-15/h10,12-14,16-17,19-21H,3-9H2,1-2H3/t10-,12-,13+,14-,15?/m1/s1/i2D. The lowest BCUT2D eigenvalue weighted by Crippen LogP contribution is -2.71. The molecule has 0 saturated carbocycles. The lowest BCUT2D eigenvalue weighted by molar-refractivity contribution is -0.302. The molecule has 7 heteroatoms. The summed E-state index contributed by atoms with van der Waals surface area (Å²) in [5.74, 6) is -2.98. The highest BCUT2D eigenvalue weighted by Crippen LogP contribution is 2.30. The molecule has 1 heterocycles. The van der Waals surface area contributed by atoms with E-state index in [-0.39, 0.29) is 13.4 Å². The van der Waals surface area contributed by atoms with Crippen LogP contribution in [0.5, 0.6) is 0 Å². The Bertz CT molecular complexity index is 372. The van der Waals surface area contributed by atoms with E-state index in [0.717, 1.165) is 25.7 Å². The number of carbonyl (C=O) groups is 1. The second-order valence-electron chi connectivity index (χ2n) is 5.79. The molecule has 130 valence electrons. The Morgan fingerprint density at radius 1 is 1.27 bits per heavy atom. The van der Waals surface area contributed by atoms with Gasteiger partial charge in [0.1, 0.15) is 18.3 Å². The van der Waals surface area contributed by atoms with Crippen LogP contribution in [0, 0.1) is 0 Å². The van der Waals surface area contributed by atoms with E-state index in [1.807, 2.05) is 0 Å². The van der Waals surface area contributed by atoms with Crippen molar-refractivity contribution < 1.29 is 31.3 Å². The van der Waals surface area contributed by atoms with Gasteiger partial charge in [-0.05, 0) is 13.4 Å². The van der Waals surface area contributed by atoms with Crippen LogP contribution in [0.4, 0.5) is 0 Å². The van der Waals surface area contributed by atoms with Crippen LogP contribution in [0.25, 0.3) is 0 Å². The molecule has 1 unspecified atom stereocenters. The summed E-state index contributed by atoms with van der Waals surface area (Å²) in [5.41, 5.74) is 0. The van der Waals surface area contributed by atoms with Gasteiger partial charge in [0.15, 0.2) is 5.78 Å². The van der Waals surface area contributed by atoms with Gasteiger partial charge >= 0.3 is 0 Å². The summed E-state index contributed by atoms with van der Waals surface area (Å²) >= 11 is 0. The molecule has 1 rings (SSSR count). The van der Waals surface area contributed by atoms with Crippen molar-refractivity contribution in [3.8, 4) is 0 Å². The van der Waals surface area contributed by atoms with Crippen LogP contribution in [-0.4, -0.2) is 70.0 Å². The Balaban J connectivity index is 2.77. The highest BCUT2D eigenvalue weighted by Gasteiger charge is 2.56. The average Bonchev–Trinajstić information content (AvgIpc) is 2.54. The third kappa shape index (κ3) is 4.24.